The molecule has 3 aromatic rings. The summed E-state index contributed by atoms with van der Waals surface area (Å²) < 4.78 is 14.3. The number of aliphatic carboxylic acids is 1. The van der Waals surface area contributed by atoms with Crippen LogP contribution in [0.25, 0.3) is 11.0 Å². The number of pyridine rings is 1. The van der Waals surface area contributed by atoms with Crippen LogP contribution in [0, 0.1) is 27.7 Å². The van der Waals surface area contributed by atoms with E-state index in [1.165, 1.54) is 7.11 Å². The van der Waals surface area contributed by atoms with Crippen molar-refractivity contribution in [2.45, 2.75) is 58.0 Å². The lowest BCUT2D eigenvalue weighted by atomic mass is 9.87. The number of hydrogen-bond donors (Lipinski definition) is 1. The van der Waals surface area contributed by atoms with Gasteiger partial charge < -0.3 is 14.6 Å². The molecule has 5 rings (SSSR count). The van der Waals surface area contributed by atoms with Gasteiger partial charge in [-0.05, 0) is 109 Å². The van der Waals surface area contributed by atoms with E-state index >= 15 is 0 Å². The van der Waals surface area contributed by atoms with Crippen molar-refractivity contribution in [1.82, 2.24) is 14.8 Å². The highest BCUT2D eigenvalue weighted by atomic mass is 127. The van der Waals surface area contributed by atoms with Crippen molar-refractivity contribution < 1.29 is 24.2 Å². The Labute approximate surface area is 241 Å². The summed E-state index contributed by atoms with van der Waals surface area (Å²) in [6, 6.07) is 7.87. The molecule has 0 aliphatic heterocycles. The Morgan fingerprint density at radius 3 is 2.72 bits per heavy atom. The number of hydrogen-bond acceptors (Lipinski definition) is 6. The van der Waals surface area contributed by atoms with Crippen LogP contribution in [0.15, 0.2) is 24.3 Å². The number of aromatic nitrogens is 3. The molecule has 10 heteroatoms. The molecule has 2 aromatic heterocycles. The van der Waals surface area contributed by atoms with E-state index in [-0.39, 0.29) is 18.6 Å². The van der Waals surface area contributed by atoms with E-state index in [9.17, 15) is 14.7 Å². The zero-order chi connectivity index (χ0) is 27.9. The minimum Gasteiger partial charge on any atom is -0.481 e. The lowest BCUT2D eigenvalue weighted by Gasteiger charge is -2.24. The van der Waals surface area contributed by atoms with E-state index in [4.69, 9.17) is 14.5 Å². The van der Waals surface area contributed by atoms with Crippen LogP contribution in [0.1, 0.15) is 56.1 Å². The summed E-state index contributed by atoms with van der Waals surface area (Å²) in [6.07, 6.45) is 3.17. The van der Waals surface area contributed by atoms with E-state index in [1.54, 1.807) is 29.6 Å². The summed E-state index contributed by atoms with van der Waals surface area (Å²) in [6.45, 7) is 3.80. The van der Waals surface area contributed by atoms with Crippen molar-refractivity contribution >= 4 is 57.0 Å². The summed E-state index contributed by atoms with van der Waals surface area (Å²) in [5.41, 5.74) is 3.25. The lowest BCUT2D eigenvalue weighted by molar-refractivity contribution is -0.152. The fraction of sp³-hybridized carbons (Fsp3) is 0.448. The lowest BCUT2D eigenvalue weighted by Crippen LogP contribution is -2.34. The van der Waals surface area contributed by atoms with Crippen LogP contribution in [0.2, 0.25) is 0 Å². The molecule has 1 aromatic carbocycles. The predicted molar refractivity (Wildman–Crippen MR) is 155 cm³/mol. The topological polar surface area (TPSA) is 107 Å². The maximum atomic E-state index is 13.4. The Bertz CT molecular complexity index is 1520. The molecule has 2 atom stereocenters. The van der Waals surface area contributed by atoms with Crippen LogP contribution in [0.4, 0.5) is 11.5 Å². The summed E-state index contributed by atoms with van der Waals surface area (Å²) in [5, 5.41) is 14.4. The quantitative estimate of drug-likeness (QED) is 0.270. The molecule has 1 amide bonds. The van der Waals surface area contributed by atoms with E-state index in [0.29, 0.717) is 42.4 Å². The van der Waals surface area contributed by atoms with Crippen LogP contribution in [0.5, 0.6) is 5.88 Å². The van der Waals surface area contributed by atoms with Gasteiger partial charge in [0.15, 0.2) is 5.52 Å². The van der Waals surface area contributed by atoms with Crippen molar-refractivity contribution in [2.75, 3.05) is 18.6 Å². The molecule has 2 unspecified atom stereocenters. The summed E-state index contributed by atoms with van der Waals surface area (Å²) >= 11 is 2.33. The summed E-state index contributed by atoms with van der Waals surface area (Å²) in [5.74, 6) is 5.34. The van der Waals surface area contributed by atoms with Gasteiger partial charge in [-0.1, -0.05) is 5.92 Å². The highest BCUT2D eigenvalue weighted by Crippen LogP contribution is 2.47. The number of benzene rings is 1. The van der Waals surface area contributed by atoms with Gasteiger partial charge in [0.2, 0.25) is 0 Å². The number of aryl methyl sites for hydroxylation is 2. The van der Waals surface area contributed by atoms with Crippen LogP contribution in [0.3, 0.4) is 0 Å². The minimum absolute atomic E-state index is 0.127. The third kappa shape index (κ3) is 5.22. The molecule has 9 nitrogen and oxygen atoms in total. The normalized spacial score (nSPS) is 20.5. The smallest absolute Gasteiger partial charge is 0.312 e. The largest absolute Gasteiger partial charge is 0.481 e. The maximum absolute atomic E-state index is 13.4. The zero-order valence-electron chi connectivity index (χ0n) is 22.5. The molecule has 204 valence electrons. The van der Waals surface area contributed by atoms with Crippen molar-refractivity contribution in [2.24, 2.45) is 12.5 Å². The van der Waals surface area contributed by atoms with Gasteiger partial charge in [0.05, 0.1) is 23.2 Å². The molecular formula is C29H31IN4O5. The van der Waals surface area contributed by atoms with Crippen molar-refractivity contribution in [3.05, 3.63) is 39.0 Å². The molecule has 39 heavy (non-hydrogen) atoms. The van der Waals surface area contributed by atoms with Gasteiger partial charge in [0, 0.05) is 24.1 Å². The fourth-order valence-electron chi connectivity index (χ4n) is 5.40. The molecule has 2 aliphatic rings. The first kappa shape index (κ1) is 27.4. The minimum atomic E-state index is -0.980. The van der Waals surface area contributed by atoms with E-state index in [2.05, 4.69) is 45.6 Å². The number of carboxylic acid groups (broad SMARTS) is 1. The second-order valence-corrected chi connectivity index (χ2v) is 11.6. The average molecular weight is 642 g/mol. The summed E-state index contributed by atoms with van der Waals surface area (Å²) in [7, 11) is 3.31. The van der Waals surface area contributed by atoms with Gasteiger partial charge in [-0.2, -0.15) is 0 Å². The highest BCUT2D eigenvalue weighted by Gasteiger charge is 2.47. The first-order valence-electron chi connectivity index (χ1n) is 13.0. The Hall–Kier alpha value is -3.17. The number of fused-ring (bicyclic) bond motifs is 1. The Morgan fingerprint density at radius 1 is 1.28 bits per heavy atom. The van der Waals surface area contributed by atoms with E-state index < -0.39 is 11.4 Å². The van der Waals surface area contributed by atoms with Crippen LogP contribution in [-0.4, -0.2) is 51.6 Å². The van der Waals surface area contributed by atoms with Gasteiger partial charge >= 0.3 is 11.9 Å². The first-order chi connectivity index (χ1) is 18.7. The monoisotopic (exact) mass is 642 g/mol. The first-order valence-corrected chi connectivity index (χ1v) is 14.0. The van der Waals surface area contributed by atoms with Crippen LogP contribution >= 0.6 is 22.6 Å². The number of carbonyl (C=O) groups excluding carboxylic acids is 1. The molecule has 2 aliphatic carbocycles. The molecule has 0 spiro atoms. The van der Waals surface area contributed by atoms with Gasteiger partial charge in [-0.25, -0.2) is 4.98 Å². The summed E-state index contributed by atoms with van der Waals surface area (Å²) in [4.78, 5) is 31.9. The van der Waals surface area contributed by atoms with E-state index in [1.807, 2.05) is 19.1 Å². The number of nitrogens with zero attached hydrogens (tertiary/aromatic N) is 4. The maximum Gasteiger partial charge on any atom is 0.312 e. The molecule has 2 fully saturated rings. The molecule has 1 N–H and O–H groups in total. The Morgan fingerprint density at radius 2 is 2.05 bits per heavy atom. The van der Waals surface area contributed by atoms with Gasteiger partial charge in [0.1, 0.15) is 11.9 Å². The molecule has 2 heterocycles. The third-order valence-electron chi connectivity index (χ3n) is 7.60. The van der Waals surface area contributed by atoms with Gasteiger partial charge in [-0.3, -0.25) is 19.2 Å². The average Bonchev–Trinajstić information content (AvgIpc) is 3.59. The van der Waals surface area contributed by atoms with Crippen LogP contribution in [-0.2, 0) is 21.4 Å². The second-order valence-electron chi connectivity index (χ2n) is 10.4. The Kier molecular flexibility index (Phi) is 7.57. The molecule has 2 saturated carbocycles. The molecule has 0 saturated heterocycles. The molecule has 0 radical (unpaired) electrons. The third-order valence-corrected chi connectivity index (χ3v) is 8.76. The SMILES string of the molecule is CC#CC(=O)N(c1ccc2c(n1)c(OC1CCC(COC)(C(=O)O)C1)nn2C)c1cc(C)c(I)cc1C1CC1. The number of carboxylic acids is 1. The highest BCUT2D eigenvalue weighted by molar-refractivity contribution is 14.1. The molecular weight excluding hydrogens is 611 g/mol. The second kappa shape index (κ2) is 10.8. The van der Waals surface area contributed by atoms with Crippen molar-refractivity contribution in [3.8, 4) is 17.7 Å². The number of ether oxygens (including phenoxy) is 2. The number of carbonyl (C=O) groups is 2. The number of amides is 1. The zero-order valence-corrected chi connectivity index (χ0v) is 24.6. The van der Waals surface area contributed by atoms with Crippen molar-refractivity contribution in [1.29, 1.82) is 0 Å². The number of methoxy groups -OCH3 is 1. The van der Waals surface area contributed by atoms with Gasteiger partial charge in [-0.15, -0.1) is 5.10 Å². The standard InChI is InChI=1S/C29H31IN4O5/c1-5-6-25(35)34(23-13-17(2)21(30)14-20(23)18-7-8-18)24-10-9-22-26(31-24)27(32-33(22)3)39-19-11-12-29(15-19,16-38-4)28(36)37/h9-10,13-14,18-19H,7-8,11-12,15-16H2,1-4H3,(H,36,37). The predicted octanol–water partition coefficient (Wildman–Crippen LogP) is 5.10. The fourth-order valence-corrected chi connectivity index (χ4v) is 5.89. The van der Waals surface area contributed by atoms with Gasteiger partial charge in [0.25, 0.3) is 5.88 Å². The van der Waals surface area contributed by atoms with Crippen LogP contribution < -0.4 is 9.64 Å². The number of rotatable bonds is 8. The van der Waals surface area contributed by atoms with Crippen molar-refractivity contribution in [3.63, 3.8) is 0 Å². The number of anilines is 2. The van der Waals surface area contributed by atoms with E-state index in [0.717, 1.165) is 38.7 Å². The molecule has 0 bridgehead atoms. The number of halogens is 1. The Balaban J connectivity index is 1.56.